The summed E-state index contributed by atoms with van der Waals surface area (Å²) in [6.07, 6.45) is 7.10. The van der Waals surface area contributed by atoms with Crippen molar-refractivity contribution in [2.24, 2.45) is 0 Å². The Morgan fingerprint density at radius 2 is 1.84 bits per heavy atom. The predicted molar refractivity (Wildman–Crippen MR) is 91.3 cm³/mol. The molecule has 1 nitrogen and oxygen atoms in total. The molecule has 1 heterocycles. The van der Waals surface area contributed by atoms with Gasteiger partial charge in [0.25, 0.3) is 0 Å². The van der Waals surface area contributed by atoms with Gasteiger partial charge in [0, 0.05) is 38.2 Å². The Bertz CT molecular complexity index is 511. The van der Waals surface area contributed by atoms with Gasteiger partial charge in [0.15, 0.2) is 0 Å². The van der Waals surface area contributed by atoms with Gasteiger partial charge in [0.2, 0.25) is 0 Å². The summed E-state index contributed by atoms with van der Waals surface area (Å²) in [5, 5.41) is 2.45. The Kier molecular flexibility index (Phi) is 5.46. The summed E-state index contributed by atoms with van der Waals surface area (Å²) in [6, 6.07) is 3.12. The number of nitrogens with two attached hydrogens (primary N) is 1. The predicted octanol–water partition coefficient (Wildman–Crippen LogP) is 4.66. The fraction of sp³-hybridized carbons (Fsp3) is 0.333. The van der Waals surface area contributed by atoms with Crippen molar-refractivity contribution in [3.8, 4) is 0 Å². The molecule has 1 aliphatic heterocycles. The van der Waals surface area contributed by atoms with Crippen LogP contribution in [-0.4, -0.2) is 6.04 Å². The average Bonchev–Trinajstić information content (AvgIpc) is 2.36. The van der Waals surface area contributed by atoms with Crippen molar-refractivity contribution in [2.45, 2.75) is 31.3 Å². The highest BCUT2D eigenvalue weighted by atomic mass is 79.9. The van der Waals surface area contributed by atoms with E-state index >= 15 is 0 Å². The summed E-state index contributed by atoms with van der Waals surface area (Å²) >= 11 is 11.1. The zero-order chi connectivity index (χ0) is 14.0. The maximum absolute atomic E-state index is 3.89. The third-order valence-electron chi connectivity index (χ3n) is 3.54. The molecule has 1 aromatic carbocycles. The Labute approximate surface area is 139 Å². The molecule has 102 valence electrons. The van der Waals surface area contributed by atoms with Gasteiger partial charge in [-0.15, -0.1) is 13.2 Å². The minimum absolute atomic E-state index is 0.425. The highest BCUT2D eigenvalue weighted by Crippen LogP contribution is 2.40. The van der Waals surface area contributed by atoms with Gasteiger partial charge >= 0.3 is 0 Å². The summed E-state index contributed by atoms with van der Waals surface area (Å²) in [7, 11) is 0. The van der Waals surface area contributed by atoms with Crippen LogP contribution in [0.3, 0.4) is 0 Å². The molecule has 0 aromatic heterocycles. The number of fused-ring (bicyclic) bond motifs is 1. The minimum Gasteiger partial charge on any atom is -0.337 e. The number of quaternary nitrogens is 1. The molecule has 0 amide bonds. The lowest BCUT2D eigenvalue weighted by Crippen LogP contribution is -2.92. The van der Waals surface area contributed by atoms with E-state index in [1.54, 1.807) is 0 Å². The van der Waals surface area contributed by atoms with E-state index in [-0.39, 0.29) is 0 Å². The van der Waals surface area contributed by atoms with Crippen LogP contribution in [0, 0.1) is 0 Å². The normalized spacial score (nSPS) is 21.8. The molecule has 0 saturated carbocycles. The molecule has 4 heteroatoms. The maximum Gasteiger partial charge on any atom is 0.117 e. The van der Waals surface area contributed by atoms with Gasteiger partial charge in [-0.3, -0.25) is 0 Å². The monoisotopic (exact) mass is 448 g/mol. The molecule has 1 aliphatic rings. The van der Waals surface area contributed by atoms with Crippen molar-refractivity contribution in [2.75, 3.05) is 0 Å². The first-order chi connectivity index (χ1) is 9.08. The molecule has 0 saturated heterocycles. The van der Waals surface area contributed by atoms with Crippen molar-refractivity contribution < 1.29 is 5.32 Å². The highest BCUT2D eigenvalue weighted by Gasteiger charge is 2.32. The minimum atomic E-state index is 0.425. The lowest BCUT2D eigenvalue weighted by Gasteiger charge is -2.31. The molecule has 1 aromatic rings. The summed E-state index contributed by atoms with van der Waals surface area (Å²) in [4.78, 5) is 0. The SMILES string of the molecule is C=CCC1Cc2c(Br)cc(Br)c(Br)c2C(CC=C)[NH2+]1. The van der Waals surface area contributed by atoms with Crippen LogP contribution in [0.25, 0.3) is 0 Å². The molecule has 0 radical (unpaired) electrons. The quantitative estimate of drug-likeness (QED) is 0.507. The van der Waals surface area contributed by atoms with Gasteiger partial charge in [0.05, 0.1) is 6.04 Å². The summed E-state index contributed by atoms with van der Waals surface area (Å²) in [5.41, 5.74) is 2.80. The lowest BCUT2D eigenvalue weighted by atomic mass is 9.87. The van der Waals surface area contributed by atoms with Crippen molar-refractivity contribution in [1.29, 1.82) is 0 Å². The summed E-state index contributed by atoms with van der Waals surface area (Å²) in [6.45, 7) is 7.76. The zero-order valence-corrected chi connectivity index (χ0v) is 15.4. The molecule has 2 N–H and O–H groups in total. The zero-order valence-electron chi connectivity index (χ0n) is 10.6. The van der Waals surface area contributed by atoms with E-state index in [1.165, 1.54) is 20.1 Å². The van der Waals surface area contributed by atoms with E-state index in [9.17, 15) is 0 Å². The Morgan fingerprint density at radius 1 is 1.16 bits per heavy atom. The topological polar surface area (TPSA) is 16.6 Å². The third kappa shape index (κ3) is 3.23. The van der Waals surface area contributed by atoms with Crippen LogP contribution in [-0.2, 0) is 6.42 Å². The van der Waals surface area contributed by atoms with Gasteiger partial charge < -0.3 is 5.32 Å². The first kappa shape index (κ1) is 15.5. The first-order valence-electron chi connectivity index (χ1n) is 6.31. The summed E-state index contributed by atoms with van der Waals surface area (Å²) in [5.74, 6) is 0. The molecule has 2 rings (SSSR count). The lowest BCUT2D eigenvalue weighted by molar-refractivity contribution is -0.730. The van der Waals surface area contributed by atoms with Crippen LogP contribution >= 0.6 is 47.8 Å². The Hall–Kier alpha value is 0.1000. The highest BCUT2D eigenvalue weighted by molar-refractivity contribution is 9.13. The van der Waals surface area contributed by atoms with E-state index in [1.807, 2.05) is 12.2 Å². The van der Waals surface area contributed by atoms with Gasteiger partial charge in [-0.25, -0.2) is 0 Å². The summed E-state index contributed by atoms with van der Waals surface area (Å²) < 4.78 is 3.46. The van der Waals surface area contributed by atoms with E-state index in [2.05, 4.69) is 72.3 Å². The van der Waals surface area contributed by atoms with E-state index in [4.69, 9.17) is 0 Å². The second-order valence-electron chi connectivity index (χ2n) is 4.86. The second-order valence-corrected chi connectivity index (χ2v) is 7.36. The van der Waals surface area contributed by atoms with Crippen LogP contribution in [0.1, 0.15) is 30.0 Å². The molecule has 0 spiro atoms. The number of hydrogen-bond donors (Lipinski definition) is 1. The molecule has 2 atom stereocenters. The Balaban J connectivity index is 2.50. The largest absolute Gasteiger partial charge is 0.337 e. The first-order valence-corrected chi connectivity index (χ1v) is 8.69. The van der Waals surface area contributed by atoms with Gasteiger partial charge in [-0.2, -0.15) is 0 Å². The van der Waals surface area contributed by atoms with Gasteiger partial charge in [-0.1, -0.05) is 28.1 Å². The molecular weight excluding hydrogens is 434 g/mol. The number of rotatable bonds is 4. The van der Waals surface area contributed by atoms with Crippen LogP contribution in [0.5, 0.6) is 0 Å². The molecule has 0 aliphatic carbocycles. The van der Waals surface area contributed by atoms with Gasteiger partial charge in [-0.05, 0) is 43.5 Å². The van der Waals surface area contributed by atoms with E-state index in [0.29, 0.717) is 12.1 Å². The van der Waals surface area contributed by atoms with Crippen LogP contribution < -0.4 is 5.32 Å². The van der Waals surface area contributed by atoms with Crippen LogP contribution in [0.4, 0.5) is 0 Å². The molecule has 19 heavy (non-hydrogen) atoms. The molecule has 0 fully saturated rings. The van der Waals surface area contributed by atoms with Crippen LogP contribution in [0.2, 0.25) is 0 Å². The van der Waals surface area contributed by atoms with Crippen LogP contribution in [0.15, 0.2) is 44.8 Å². The second kappa shape index (κ2) is 6.70. The number of halogens is 3. The van der Waals surface area contributed by atoms with E-state index < -0.39 is 0 Å². The van der Waals surface area contributed by atoms with Gasteiger partial charge in [0.1, 0.15) is 6.04 Å². The standard InChI is InChI=1S/C15H16Br3N/c1-3-5-9-7-10-11(16)8-12(17)15(18)14(10)13(19-9)6-4-2/h3-4,8-9,13,19H,1-2,5-7H2/p+1. The third-order valence-corrected chi connectivity index (χ3v) is 6.26. The molecular formula is C15H17Br3N+. The number of benzene rings is 1. The Morgan fingerprint density at radius 3 is 2.47 bits per heavy atom. The van der Waals surface area contributed by atoms with Crippen molar-refractivity contribution >= 4 is 47.8 Å². The van der Waals surface area contributed by atoms with Crippen molar-refractivity contribution in [1.82, 2.24) is 0 Å². The fourth-order valence-electron chi connectivity index (χ4n) is 2.75. The smallest absolute Gasteiger partial charge is 0.117 e. The maximum atomic E-state index is 3.89. The van der Waals surface area contributed by atoms with Crippen molar-refractivity contribution in [3.05, 3.63) is 55.9 Å². The number of hydrogen-bond acceptors (Lipinski definition) is 0. The fourth-order valence-corrected chi connectivity index (χ4v) is 4.75. The van der Waals surface area contributed by atoms with E-state index in [0.717, 1.165) is 23.7 Å². The van der Waals surface area contributed by atoms with Crippen molar-refractivity contribution in [3.63, 3.8) is 0 Å². The average molecular weight is 451 g/mol. The molecule has 2 unspecified atom stereocenters. The molecule has 0 bridgehead atoms.